The standard InChI is InChI=1S/C19H17N3O5S/c1-9-10(2)28-18-15(9)19(24)21-5-4-12(17(21)20-18)6-11-7-13(22(25)26)16(23)14(8-11)27-3/h6-8,23H,4-5H2,1-3H3/b12-6+. The number of nitro benzene ring substituents is 1. The lowest BCUT2D eigenvalue weighted by Crippen LogP contribution is -2.20. The van der Waals surface area contributed by atoms with E-state index in [4.69, 9.17) is 9.72 Å². The van der Waals surface area contributed by atoms with Gasteiger partial charge < -0.3 is 9.84 Å². The van der Waals surface area contributed by atoms with Gasteiger partial charge >= 0.3 is 5.69 Å². The highest BCUT2D eigenvalue weighted by Crippen LogP contribution is 2.39. The van der Waals surface area contributed by atoms with Crippen molar-refractivity contribution < 1.29 is 14.8 Å². The summed E-state index contributed by atoms with van der Waals surface area (Å²) in [5.74, 6) is 0.0832. The van der Waals surface area contributed by atoms with Gasteiger partial charge in [0.2, 0.25) is 5.75 Å². The summed E-state index contributed by atoms with van der Waals surface area (Å²) in [4.78, 5) is 29.9. The number of rotatable bonds is 3. The van der Waals surface area contributed by atoms with Crippen LogP contribution in [0.15, 0.2) is 16.9 Å². The molecule has 0 atom stereocenters. The molecule has 0 amide bonds. The van der Waals surface area contributed by atoms with Crippen molar-refractivity contribution in [3.8, 4) is 11.5 Å². The van der Waals surface area contributed by atoms with Gasteiger partial charge in [0.05, 0.1) is 17.4 Å². The van der Waals surface area contributed by atoms with Gasteiger partial charge in [0.15, 0.2) is 5.75 Å². The Balaban J connectivity index is 1.89. The zero-order valence-electron chi connectivity index (χ0n) is 15.5. The van der Waals surface area contributed by atoms with Crippen molar-refractivity contribution >= 4 is 38.9 Å². The van der Waals surface area contributed by atoms with Crippen LogP contribution in [0.25, 0.3) is 21.9 Å². The van der Waals surface area contributed by atoms with E-state index in [0.29, 0.717) is 34.6 Å². The van der Waals surface area contributed by atoms with E-state index < -0.39 is 16.4 Å². The monoisotopic (exact) mass is 399 g/mol. The van der Waals surface area contributed by atoms with Crippen LogP contribution in [-0.4, -0.2) is 26.7 Å². The zero-order valence-corrected chi connectivity index (χ0v) is 16.3. The predicted molar refractivity (Wildman–Crippen MR) is 107 cm³/mol. The van der Waals surface area contributed by atoms with Crippen molar-refractivity contribution in [3.63, 3.8) is 0 Å². The van der Waals surface area contributed by atoms with Gasteiger partial charge in [-0.3, -0.25) is 19.5 Å². The van der Waals surface area contributed by atoms with Crippen molar-refractivity contribution in [1.82, 2.24) is 9.55 Å². The number of phenolic OH excluding ortho intramolecular Hbond substituents is 1. The van der Waals surface area contributed by atoms with Gasteiger partial charge in [0, 0.05) is 17.5 Å². The minimum absolute atomic E-state index is 0.0179. The van der Waals surface area contributed by atoms with Crippen LogP contribution in [0.2, 0.25) is 0 Å². The molecule has 3 heterocycles. The molecule has 2 aromatic heterocycles. The minimum atomic E-state index is -0.661. The van der Waals surface area contributed by atoms with Crippen LogP contribution in [0.1, 0.15) is 28.2 Å². The molecular formula is C19H17N3O5S. The summed E-state index contributed by atoms with van der Waals surface area (Å²) in [6, 6.07) is 2.80. The molecule has 1 aromatic carbocycles. The number of aromatic nitrogens is 2. The van der Waals surface area contributed by atoms with E-state index in [1.807, 2.05) is 13.8 Å². The molecule has 0 bridgehead atoms. The lowest BCUT2D eigenvalue weighted by molar-refractivity contribution is -0.386. The first-order valence-electron chi connectivity index (χ1n) is 8.58. The second kappa shape index (κ2) is 6.45. The molecule has 0 saturated heterocycles. The van der Waals surface area contributed by atoms with Crippen molar-refractivity contribution in [2.24, 2.45) is 0 Å². The number of aryl methyl sites for hydroxylation is 2. The van der Waals surface area contributed by atoms with Gasteiger partial charge in [-0.2, -0.15) is 0 Å². The quantitative estimate of drug-likeness (QED) is 0.532. The van der Waals surface area contributed by atoms with Crippen molar-refractivity contribution in [1.29, 1.82) is 0 Å². The molecule has 1 aliphatic rings. The smallest absolute Gasteiger partial charge is 0.315 e. The Morgan fingerprint density at radius 2 is 2.14 bits per heavy atom. The van der Waals surface area contributed by atoms with E-state index in [1.165, 1.54) is 30.6 Å². The maximum atomic E-state index is 12.9. The molecule has 0 radical (unpaired) electrons. The van der Waals surface area contributed by atoms with Crippen LogP contribution in [0, 0.1) is 24.0 Å². The molecule has 0 unspecified atom stereocenters. The second-order valence-electron chi connectivity index (χ2n) is 6.62. The van der Waals surface area contributed by atoms with Gasteiger partial charge in [-0.1, -0.05) is 0 Å². The summed E-state index contributed by atoms with van der Waals surface area (Å²) < 4.78 is 6.70. The number of phenols is 1. The van der Waals surface area contributed by atoms with Crippen LogP contribution < -0.4 is 10.3 Å². The maximum absolute atomic E-state index is 12.9. The topological polar surface area (TPSA) is 107 Å². The molecule has 3 aromatic rings. The highest BCUT2D eigenvalue weighted by Gasteiger charge is 2.24. The molecule has 1 N–H and O–H groups in total. The Bertz CT molecular complexity index is 1240. The molecule has 0 aliphatic carbocycles. The number of hydrogen-bond acceptors (Lipinski definition) is 7. The average Bonchev–Trinajstić information content (AvgIpc) is 3.18. The number of nitrogens with zero attached hydrogens (tertiary/aromatic N) is 3. The Hall–Kier alpha value is -3.20. The SMILES string of the molecule is COc1cc(/C=C2\CCn3c2nc2sc(C)c(C)c2c3=O)cc([N+](=O)[O-])c1O. The van der Waals surface area contributed by atoms with E-state index in [-0.39, 0.29) is 11.3 Å². The van der Waals surface area contributed by atoms with E-state index in [2.05, 4.69) is 0 Å². The van der Waals surface area contributed by atoms with Gasteiger partial charge in [0.25, 0.3) is 5.56 Å². The third-order valence-electron chi connectivity index (χ3n) is 5.02. The summed E-state index contributed by atoms with van der Waals surface area (Å²) >= 11 is 1.49. The third-order valence-corrected chi connectivity index (χ3v) is 6.12. The molecule has 0 saturated carbocycles. The fourth-order valence-electron chi connectivity index (χ4n) is 3.45. The van der Waals surface area contributed by atoms with Crippen LogP contribution in [-0.2, 0) is 6.54 Å². The predicted octanol–water partition coefficient (Wildman–Crippen LogP) is 3.64. The maximum Gasteiger partial charge on any atom is 0.315 e. The number of ether oxygens (including phenoxy) is 1. The van der Waals surface area contributed by atoms with Gasteiger partial charge in [-0.15, -0.1) is 11.3 Å². The first-order valence-corrected chi connectivity index (χ1v) is 9.40. The number of benzene rings is 1. The first kappa shape index (κ1) is 18.2. The number of allylic oxidation sites excluding steroid dienone is 1. The molecule has 1 aliphatic heterocycles. The Morgan fingerprint density at radius 1 is 1.39 bits per heavy atom. The lowest BCUT2D eigenvalue weighted by atomic mass is 10.1. The molecule has 0 fully saturated rings. The molecule has 8 nitrogen and oxygen atoms in total. The third kappa shape index (κ3) is 2.66. The fourth-order valence-corrected chi connectivity index (χ4v) is 4.47. The van der Waals surface area contributed by atoms with E-state index in [9.17, 15) is 20.0 Å². The van der Waals surface area contributed by atoms with E-state index in [1.54, 1.807) is 10.6 Å². The Kier molecular flexibility index (Phi) is 4.19. The summed E-state index contributed by atoms with van der Waals surface area (Å²) in [6.45, 7) is 4.40. The molecule has 144 valence electrons. The number of aromatic hydroxyl groups is 1. The van der Waals surface area contributed by atoms with Crippen LogP contribution >= 0.6 is 11.3 Å². The Labute approximate surface area is 163 Å². The van der Waals surface area contributed by atoms with Crippen LogP contribution in [0.3, 0.4) is 0 Å². The van der Waals surface area contributed by atoms with E-state index >= 15 is 0 Å². The largest absolute Gasteiger partial charge is 0.500 e. The number of nitro groups is 1. The second-order valence-corrected chi connectivity index (χ2v) is 7.83. The van der Waals surface area contributed by atoms with Crippen molar-refractivity contribution in [3.05, 3.63) is 54.4 Å². The molecule has 28 heavy (non-hydrogen) atoms. The first-order chi connectivity index (χ1) is 13.3. The number of fused-ring (bicyclic) bond motifs is 2. The summed E-state index contributed by atoms with van der Waals surface area (Å²) in [5.41, 5.74) is 1.78. The average molecular weight is 399 g/mol. The molecule has 9 heteroatoms. The van der Waals surface area contributed by atoms with Gasteiger partial charge in [-0.25, -0.2) is 4.98 Å². The molecule has 4 rings (SSSR count). The normalized spacial score (nSPS) is 14.6. The molecular weight excluding hydrogens is 382 g/mol. The van der Waals surface area contributed by atoms with Crippen LogP contribution in [0.4, 0.5) is 5.69 Å². The summed E-state index contributed by atoms with van der Waals surface area (Å²) in [5, 5.41) is 21.8. The highest BCUT2D eigenvalue weighted by atomic mass is 32.1. The van der Waals surface area contributed by atoms with Crippen LogP contribution in [0.5, 0.6) is 11.5 Å². The highest BCUT2D eigenvalue weighted by molar-refractivity contribution is 7.18. The Morgan fingerprint density at radius 3 is 2.82 bits per heavy atom. The van der Waals surface area contributed by atoms with Crippen molar-refractivity contribution in [2.45, 2.75) is 26.8 Å². The van der Waals surface area contributed by atoms with E-state index in [0.717, 1.165) is 16.0 Å². The van der Waals surface area contributed by atoms with Gasteiger partial charge in [0.1, 0.15) is 10.7 Å². The summed E-state index contributed by atoms with van der Waals surface area (Å²) in [6.07, 6.45) is 2.34. The molecule has 0 spiro atoms. The lowest BCUT2D eigenvalue weighted by Gasteiger charge is -2.06. The number of thiophene rings is 1. The number of hydrogen-bond donors (Lipinski definition) is 1. The van der Waals surface area contributed by atoms with Crippen molar-refractivity contribution in [2.75, 3.05) is 7.11 Å². The number of methoxy groups -OCH3 is 1. The fraction of sp³-hybridized carbons (Fsp3) is 0.263. The minimum Gasteiger partial charge on any atom is -0.500 e. The zero-order chi connectivity index (χ0) is 20.2. The summed E-state index contributed by atoms with van der Waals surface area (Å²) in [7, 11) is 1.33. The van der Waals surface area contributed by atoms with Gasteiger partial charge in [-0.05, 0) is 49.1 Å².